The zero-order valence-corrected chi connectivity index (χ0v) is 12.8. The molecule has 1 saturated heterocycles. The molecule has 1 atom stereocenters. The molecule has 0 aliphatic carbocycles. The molecule has 0 saturated carbocycles. The third-order valence-corrected chi connectivity index (χ3v) is 4.19. The van der Waals surface area contributed by atoms with Crippen molar-refractivity contribution < 1.29 is 0 Å². The molecule has 1 heterocycles. The quantitative estimate of drug-likeness (QED) is 0.849. The average Bonchev–Trinajstić information content (AvgIpc) is 2.32. The van der Waals surface area contributed by atoms with Gasteiger partial charge in [-0.1, -0.05) is 26.0 Å². The van der Waals surface area contributed by atoms with Crippen LogP contribution in [0.2, 0.25) is 0 Å². The lowest BCUT2D eigenvalue weighted by Gasteiger charge is -2.38. The van der Waals surface area contributed by atoms with E-state index in [1.165, 1.54) is 9.13 Å². The summed E-state index contributed by atoms with van der Waals surface area (Å²) in [6.07, 6.45) is 0. The molecular weight excluding hydrogens is 323 g/mol. The highest BCUT2D eigenvalue weighted by Gasteiger charge is 2.24. The van der Waals surface area contributed by atoms with E-state index < -0.39 is 0 Å². The molecule has 1 unspecified atom stereocenters. The van der Waals surface area contributed by atoms with E-state index in [1.54, 1.807) is 0 Å². The Morgan fingerprint density at radius 1 is 1.35 bits per heavy atom. The van der Waals surface area contributed by atoms with Crippen molar-refractivity contribution >= 4 is 22.6 Å². The van der Waals surface area contributed by atoms with Crippen molar-refractivity contribution in [2.24, 2.45) is 5.92 Å². The van der Waals surface area contributed by atoms with Gasteiger partial charge in [-0.15, -0.1) is 0 Å². The van der Waals surface area contributed by atoms with Gasteiger partial charge in [-0.05, 0) is 46.2 Å². The summed E-state index contributed by atoms with van der Waals surface area (Å²) in [6.45, 7) is 9.13. The molecule has 94 valence electrons. The molecule has 2 rings (SSSR count). The Kier molecular flexibility index (Phi) is 4.82. The predicted octanol–water partition coefficient (Wildman–Crippen LogP) is 2.72. The third-order valence-electron chi connectivity index (χ3n) is 3.47. The van der Waals surface area contributed by atoms with Crippen LogP contribution < -0.4 is 5.32 Å². The Bertz CT molecular complexity index is 348. The van der Waals surface area contributed by atoms with Crippen molar-refractivity contribution in [2.45, 2.75) is 26.4 Å². The molecule has 0 spiro atoms. The van der Waals surface area contributed by atoms with Crippen LogP contribution in [0.1, 0.15) is 19.4 Å². The van der Waals surface area contributed by atoms with E-state index in [4.69, 9.17) is 0 Å². The minimum absolute atomic E-state index is 0.669. The molecule has 0 aromatic heterocycles. The van der Waals surface area contributed by atoms with Gasteiger partial charge in [-0.25, -0.2) is 0 Å². The summed E-state index contributed by atoms with van der Waals surface area (Å²) in [4.78, 5) is 2.61. The van der Waals surface area contributed by atoms with Gasteiger partial charge in [0.15, 0.2) is 0 Å². The summed E-state index contributed by atoms with van der Waals surface area (Å²) in [5.74, 6) is 0.714. The maximum Gasteiger partial charge on any atom is 0.0247 e. The molecule has 0 radical (unpaired) electrons. The Hall–Kier alpha value is -0.130. The van der Waals surface area contributed by atoms with Gasteiger partial charge in [0.25, 0.3) is 0 Å². The van der Waals surface area contributed by atoms with Gasteiger partial charge in [-0.2, -0.15) is 0 Å². The van der Waals surface area contributed by atoms with Gasteiger partial charge in [0.05, 0.1) is 0 Å². The first-order valence-corrected chi connectivity index (χ1v) is 7.44. The van der Waals surface area contributed by atoms with Crippen LogP contribution in [-0.4, -0.2) is 30.6 Å². The largest absolute Gasteiger partial charge is 0.314 e. The fraction of sp³-hybridized carbons (Fsp3) is 0.571. The lowest BCUT2D eigenvalue weighted by atomic mass is 10.00. The summed E-state index contributed by atoms with van der Waals surface area (Å²) in [7, 11) is 0. The van der Waals surface area contributed by atoms with Gasteiger partial charge < -0.3 is 5.32 Å². The van der Waals surface area contributed by atoms with Crippen LogP contribution in [0.3, 0.4) is 0 Å². The first kappa shape index (κ1) is 13.3. The monoisotopic (exact) mass is 344 g/mol. The zero-order valence-electron chi connectivity index (χ0n) is 10.6. The predicted molar refractivity (Wildman–Crippen MR) is 81.1 cm³/mol. The molecular formula is C14H21IN2. The highest BCUT2D eigenvalue weighted by Crippen LogP contribution is 2.17. The zero-order chi connectivity index (χ0) is 12.3. The highest BCUT2D eigenvalue weighted by molar-refractivity contribution is 14.1. The molecule has 3 heteroatoms. The fourth-order valence-corrected chi connectivity index (χ4v) is 2.81. The summed E-state index contributed by atoms with van der Waals surface area (Å²) in [6, 6.07) is 9.57. The topological polar surface area (TPSA) is 15.3 Å². The number of hydrogen-bond donors (Lipinski definition) is 1. The molecule has 1 fully saturated rings. The van der Waals surface area contributed by atoms with Crippen LogP contribution >= 0.6 is 22.6 Å². The number of piperazine rings is 1. The van der Waals surface area contributed by atoms with Gasteiger partial charge in [0.2, 0.25) is 0 Å². The number of nitrogens with zero attached hydrogens (tertiary/aromatic N) is 1. The average molecular weight is 344 g/mol. The molecule has 2 nitrogen and oxygen atoms in total. The van der Waals surface area contributed by atoms with Crippen LogP contribution in [0, 0.1) is 9.49 Å². The Morgan fingerprint density at radius 3 is 2.71 bits per heavy atom. The maximum absolute atomic E-state index is 3.50. The molecule has 1 aromatic rings. The fourth-order valence-electron chi connectivity index (χ4n) is 2.45. The second-order valence-corrected chi connectivity index (χ2v) is 6.36. The van der Waals surface area contributed by atoms with Crippen LogP contribution in [0.15, 0.2) is 24.3 Å². The van der Waals surface area contributed by atoms with Gasteiger partial charge >= 0.3 is 0 Å². The highest BCUT2D eigenvalue weighted by atomic mass is 127. The van der Waals surface area contributed by atoms with Crippen molar-refractivity contribution in [3.63, 3.8) is 0 Å². The van der Waals surface area contributed by atoms with Crippen LogP contribution in [0.4, 0.5) is 0 Å². The van der Waals surface area contributed by atoms with Crippen LogP contribution in [-0.2, 0) is 6.54 Å². The van der Waals surface area contributed by atoms with E-state index in [9.17, 15) is 0 Å². The van der Waals surface area contributed by atoms with Crippen molar-refractivity contribution in [2.75, 3.05) is 19.6 Å². The van der Waals surface area contributed by atoms with E-state index in [1.807, 2.05) is 0 Å². The van der Waals surface area contributed by atoms with E-state index in [-0.39, 0.29) is 0 Å². The van der Waals surface area contributed by atoms with E-state index in [0.717, 1.165) is 26.2 Å². The van der Waals surface area contributed by atoms with Crippen LogP contribution in [0.25, 0.3) is 0 Å². The Labute approximate surface area is 118 Å². The molecule has 1 aliphatic heterocycles. The van der Waals surface area contributed by atoms with Gasteiger partial charge in [-0.3, -0.25) is 4.90 Å². The van der Waals surface area contributed by atoms with E-state index in [2.05, 4.69) is 70.9 Å². The lowest BCUT2D eigenvalue weighted by Crippen LogP contribution is -2.52. The Balaban J connectivity index is 2.02. The SMILES string of the molecule is CC(C)C1CNCCN1Cc1ccc(I)cc1. The summed E-state index contributed by atoms with van der Waals surface area (Å²) in [5, 5.41) is 3.50. The molecule has 0 amide bonds. The standard InChI is InChI=1S/C14H21IN2/c1-11(2)14-9-16-7-8-17(14)10-12-3-5-13(15)6-4-12/h3-6,11,14,16H,7-10H2,1-2H3. The summed E-state index contributed by atoms with van der Waals surface area (Å²) >= 11 is 2.36. The Morgan fingerprint density at radius 2 is 2.06 bits per heavy atom. The van der Waals surface area contributed by atoms with Crippen molar-refractivity contribution in [3.05, 3.63) is 33.4 Å². The number of halogens is 1. The summed E-state index contributed by atoms with van der Waals surface area (Å²) in [5.41, 5.74) is 1.43. The molecule has 1 aliphatic rings. The molecule has 1 N–H and O–H groups in total. The normalized spacial score (nSPS) is 22.0. The second-order valence-electron chi connectivity index (χ2n) is 5.11. The first-order chi connectivity index (χ1) is 8.16. The smallest absolute Gasteiger partial charge is 0.0247 e. The van der Waals surface area contributed by atoms with Crippen molar-refractivity contribution in [1.29, 1.82) is 0 Å². The minimum Gasteiger partial charge on any atom is -0.314 e. The molecule has 1 aromatic carbocycles. The summed E-state index contributed by atoms with van der Waals surface area (Å²) < 4.78 is 1.31. The third kappa shape index (κ3) is 3.66. The van der Waals surface area contributed by atoms with Crippen molar-refractivity contribution in [1.82, 2.24) is 10.2 Å². The van der Waals surface area contributed by atoms with E-state index >= 15 is 0 Å². The first-order valence-electron chi connectivity index (χ1n) is 6.36. The minimum atomic E-state index is 0.669. The van der Waals surface area contributed by atoms with Gasteiger partial charge in [0, 0.05) is 35.8 Å². The molecule has 0 bridgehead atoms. The maximum atomic E-state index is 3.50. The molecule has 17 heavy (non-hydrogen) atoms. The van der Waals surface area contributed by atoms with E-state index in [0.29, 0.717) is 12.0 Å². The second kappa shape index (κ2) is 6.16. The number of hydrogen-bond acceptors (Lipinski definition) is 2. The number of benzene rings is 1. The lowest BCUT2D eigenvalue weighted by molar-refractivity contribution is 0.117. The van der Waals surface area contributed by atoms with Crippen molar-refractivity contribution in [3.8, 4) is 0 Å². The number of rotatable bonds is 3. The number of nitrogens with one attached hydrogen (secondary N) is 1. The van der Waals surface area contributed by atoms with Gasteiger partial charge in [0.1, 0.15) is 0 Å². The van der Waals surface area contributed by atoms with Crippen LogP contribution in [0.5, 0.6) is 0 Å².